The van der Waals surface area contributed by atoms with Gasteiger partial charge in [0.05, 0.1) is 0 Å². The highest BCUT2D eigenvalue weighted by atomic mass is 32.2. The highest BCUT2D eigenvalue weighted by Crippen LogP contribution is 2.24. The number of nitrogens with one attached hydrogen (secondary N) is 1. The minimum atomic E-state index is -3.59. The molecular weight excluding hydrogens is 318 g/mol. The molecule has 0 aliphatic rings. The van der Waals surface area contributed by atoms with Gasteiger partial charge in [0.2, 0.25) is 0 Å². The van der Waals surface area contributed by atoms with Gasteiger partial charge < -0.3 is 4.57 Å². The van der Waals surface area contributed by atoms with E-state index in [9.17, 15) is 8.42 Å². The molecule has 3 aromatic rings. The Morgan fingerprint density at radius 3 is 2.55 bits per heavy atom. The van der Waals surface area contributed by atoms with E-state index >= 15 is 0 Å². The second-order valence-electron chi connectivity index (χ2n) is 4.79. The molecule has 0 radical (unpaired) electrons. The van der Waals surface area contributed by atoms with Crippen LogP contribution in [0.5, 0.6) is 0 Å². The maximum Gasteiger partial charge on any atom is 0.251 e. The van der Waals surface area contributed by atoms with Crippen molar-refractivity contribution in [2.45, 2.75) is 10.3 Å². The molecule has 1 N–H and O–H groups in total. The van der Waals surface area contributed by atoms with E-state index in [1.807, 2.05) is 41.9 Å². The van der Waals surface area contributed by atoms with Gasteiger partial charge in [0, 0.05) is 19.4 Å². The van der Waals surface area contributed by atoms with Crippen LogP contribution in [0.4, 0.5) is 0 Å². The first-order chi connectivity index (χ1) is 10.6. The number of nitrogens with zero attached hydrogens (tertiary/aromatic N) is 2. The Balaban J connectivity index is 2.02. The Bertz CT molecular complexity index is 840. The van der Waals surface area contributed by atoms with E-state index in [1.54, 1.807) is 29.9 Å². The third-order valence-electron chi connectivity index (χ3n) is 3.28. The Kier molecular flexibility index (Phi) is 4.10. The topological polar surface area (TPSA) is 64.0 Å². The summed E-state index contributed by atoms with van der Waals surface area (Å²) < 4.78 is 30.0. The van der Waals surface area contributed by atoms with Crippen molar-refractivity contribution >= 4 is 21.4 Å². The lowest BCUT2D eigenvalue weighted by molar-refractivity contribution is 0.565. The first-order valence-corrected chi connectivity index (χ1v) is 9.02. The maximum atomic E-state index is 12.5. The number of benzene rings is 1. The number of hydrogen-bond acceptors (Lipinski definition) is 4. The molecule has 0 spiro atoms. The quantitative estimate of drug-likeness (QED) is 0.780. The second kappa shape index (κ2) is 6.04. The summed E-state index contributed by atoms with van der Waals surface area (Å²) in [5.41, 5.74) is 0.844. The van der Waals surface area contributed by atoms with Crippen LogP contribution >= 0.6 is 11.3 Å². The Morgan fingerprint density at radius 2 is 1.95 bits per heavy atom. The van der Waals surface area contributed by atoms with E-state index in [-0.39, 0.29) is 0 Å². The highest BCUT2D eigenvalue weighted by molar-refractivity contribution is 7.91. The summed E-state index contributed by atoms with van der Waals surface area (Å²) in [7, 11) is -1.75. The number of sulfonamides is 1. The first-order valence-electron chi connectivity index (χ1n) is 6.66. The fourth-order valence-corrected chi connectivity index (χ4v) is 4.39. The summed E-state index contributed by atoms with van der Waals surface area (Å²) in [4.78, 5) is 4.30. The molecule has 0 fully saturated rings. The second-order valence-corrected chi connectivity index (χ2v) is 7.68. The Morgan fingerprint density at radius 1 is 1.18 bits per heavy atom. The van der Waals surface area contributed by atoms with Crippen LogP contribution in [-0.2, 0) is 17.1 Å². The molecule has 0 amide bonds. The predicted molar refractivity (Wildman–Crippen MR) is 86.1 cm³/mol. The van der Waals surface area contributed by atoms with Crippen LogP contribution in [0, 0.1) is 0 Å². The van der Waals surface area contributed by atoms with E-state index in [1.165, 1.54) is 11.3 Å². The molecule has 22 heavy (non-hydrogen) atoms. The summed E-state index contributed by atoms with van der Waals surface area (Å²) in [6, 6.07) is 12.2. The van der Waals surface area contributed by atoms with Crippen molar-refractivity contribution in [2.75, 3.05) is 0 Å². The van der Waals surface area contributed by atoms with Crippen LogP contribution in [-0.4, -0.2) is 18.0 Å². The third kappa shape index (κ3) is 2.96. The molecule has 1 atom stereocenters. The number of imidazole rings is 1. The van der Waals surface area contributed by atoms with Gasteiger partial charge in [-0.25, -0.2) is 13.4 Å². The molecule has 2 heterocycles. The van der Waals surface area contributed by atoms with Crippen molar-refractivity contribution in [2.24, 2.45) is 7.05 Å². The maximum absolute atomic E-state index is 12.5. The largest absolute Gasteiger partial charge is 0.336 e. The van der Waals surface area contributed by atoms with Crippen molar-refractivity contribution in [3.8, 4) is 0 Å². The molecule has 0 bridgehead atoms. The van der Waals surface area contributed by atoms with Crippen LogP contribution in [0.15, 0.2) is 64.4 Å². The zero-order chi connectivity index (χ0) is 15.6. The number of hydrogen-bond donors (Lipinski definition) is 1. The number of aromatic nitrogens is 2. The lowest BCUT2D eigenvalue weighted by atomic mass is 10.1. The highest BCUT2D eigenvalue weighted by Gasteiger charge is 2.26. The lowest BCUT2D eigenvalue weighted by Gasteiger charge is -2.18. The van der Waals surface area contributed by atoms with E-state index in [0.717, 1.165) is 5.56 Å². The van der Waals surface area contributed by atoms with Crippen LogP contribution in [0.1, 0.15) is 17.4 Å². The monoisotopic (exact) mass is 333 g/mol. The Hall–Kier alpha value is -1.96. The SMILES string of the molecule is Cn1ccnc1[C@H](NS(=O)(=O)c1cccs1)c1ccccc1. The van der Waals surface area contributed by atoms with E-state index < -0.39 is 16.1 Å². The van der Waals surface area contributed by atoms with Crippen LogP contribution in [0.3, 0.4) is 0 Å². The predicted octanol–water partition coefficient (Wildman–Crippen LogP) is 2.55. The average molecular weight is 333 g/mol. The van der Waals surface area contributed by atoms with E-state index in [2.05, 4.69) is 9.71 Å². The number of thiophene rings is 1. The summed E-state index contributed by atoms with van der Waals surface area (Å²) in [5, 5.41) is 1.74. The number of aryl methyl sites for hydroxylation is 1. The first kappa shape index (κ1) is 15.0. The number of rotatable bonds is 5. The van der Waals surface area contributed by atoms with Crippen LogP contribution in [0.25, 0.3) is 0 Å². The fraction of sp³-hybridized carbons (Fsp3) is 0.133. The lowest BCUT2D eigenvalue weighted by Crippen LogP contribution is -2.30. The molecule has 0 aliphatic heterocycles. The van der Waals surface area contributed by atoms with Crippen molar-refractivity contribution < 1.29 is 8.42 Å². The molecule has 1 aromatic carbocycles. The minimum absolute atomic E-state index is 0.294. The van der Waals surface area contributed by atoms with Gasteiger partial charge in [-0.15, -0.1) is 11.3 Å². The van der Waals surface area contributed by atoms with E-state index in [4.69, 9.17) is 0 Å². The third-order valence-corrected chi connectivity index (χ3v) is 6.10. The van der Waals surface area contributed by atoms with Crippen molar-refractivity contribution in [1.82, 2.24) is 14.3 Å². The van der Waals surface area contributed by atoms with Gasteiger partial charge in [-0.2, -0.15) is 4.72 Å². The van der Waals surface area contributed by atoms with Crippen LogP contribution in [0.2, 0.25) is 0 Å². The zero-order valence-electron chi connectivity index (χ0n) is 11.9. The normalized spacial score (nSPS) is 13.1. The molecular formula is C15H15N3O2S2. The fourth-order valence-electron chi connectivity index (χ4n) is 2.20. The van der Waals surface area contributed by atoms with Gasteiger partial charge in [-0.05, 0) is 17.0 Å². The zero-order valence-corrected chi connectivity index (χ0v) is 13.5. The standard InChI is InChI=1S/C15H15N3O2S2/c1-18-10-9-16-15(18)14(12-6-3-2-4-7-12)17-22(19,20)13-8-5-11-21-13/h2-11,14,17H,1H3/t14-/m1/s1. The Labute approximate surface area is 133 Å². The molecule has 0 saturated heterocycles. The molecule has 0 saturated carbocycles. The summed E-state index contributed by atoms with van der Waals surface area (Å²) in [6.07, 6.45) is 3.45. The summed E-state index contributed by atoms with van der Waals surface area (Å²) in [6.45, 7) is 0. The van der Waals surface area contributed by atoms with Crippen LogP contribution < -0.4 is 4.72 Å². The van der Waals surface area contributed by atoms with Crippen molar-refractivity contribution in [3.63, 3.8) is 0 Å². The van der Waals surface area contributed by atoms with Gasteiger partial charge in [0.25, 0.3) is 10.0 Å². The average Bonchev–Trinajstić information content (AvgIpc) is 3.17. The van der Waals surface area contributed by atoms with Gasteiger partial charge in [-0.3, -0.25) is 0 Å². The van der Waals surface area contributed by atoms with Crippen molar-refractivity contribution in [1.29, 1.82) is 0 Å². The van der Waals surface area contributed by atoms with Gasteiger partial charge in [0.1, 0.15) is 16.1 Å². The van der Waals surface area contributed by atoms with Gasteiger partial charge >= 0.3 is 0 Å². The summed E-state index contributed by atoms with van der Waals surface area (Å²) >= 11 is 1.19. The van der Waals surface area contributed by atoms with Gasteiger partial charge in [0.15, 0.2) is 0 Å². The molecule has 0 unspecified atom stereocenters. The molecule has 114 valence electrons. The molecule has 5 nitrogen and oxygen atoms in total. The molecule has 3 rings (SSSR count). The van der Waals surface area contributed by atoms with Gasteiger partial charge in [-0.1, -0.05) is 36.4 Å². The molecule has 7 heteroatoms. The van der Waals surface area contributed by atoms with E-state index in [0.29, 0.717) is 10.0 Å². The molecule has 0 aliphatic carbocycles. The molecule has 2 aromatic heterocycles. The summed E-state index contributed by atoms with van der Waals surface area (Å²) in [5.74, 6) is 0.645. The van der Waals surface area contributed by atoms with Crippen molar-refractivity contribution in [3.05, 3.63) is 71.6 Å². The smallest absolute Gasteiger partial charge is 0.251 e. The minimum Gasteiger partial charge on any atom is -0.336 e.